The zero-order valence-corrected chi connectivity index (χ0v) is 16.1. The van der Waals surface area contributed by atoms with Crippen LogP contribution < -0.4 is 5.32 Å². The van der Waals surface area contributed by atoms with Crippen molar-refractivity contribution in [3.8, 4) is 0 Å². The Bertz CT molecular complexity index is 934. The molecule has 0 heterocycles. The van der Waals surface area contributed by atoms with Crippen LogP contribution in [0, 0.1) is 12.7 Å². The van der Waals surface area contributed by atoms with Crippen molar-refractivity contribution in [2.45, 2.75) is 19.3 Å². The molecule has 0 saturated heterocycles. The average Bonchev–Trinajstić information content (AvgIpc) is 2.74. The van der Waals surface area contributed by atoms with Gasteiger partial charge in [0.2, 0.25) is 0 Å². The maximum Gasteiger partial charge on any atom is 0.307 e. The fourth-order valence-corrected chi connectivity index (χ4v) is 3.09. The van der Waals surface area contributed by atoms with Crippen molar-refractivity contribution in [1.82, 2.24) is 0 Å². The predicted octanol–water partition coefficient (Wildman–Crippen LogP) is 4.84. The quantitative estimate of drug-likeness (QED) is 0.587. The van der Waals surface area contributed by atoms with Gasteiger partial charge in [0.25, 0.3) is 5.91 Å². The van der Waals surface area contributed by atoms with Crippen LogP contribution in [0.2, 0.25) is 0 Å². The predicted molar refractivity (Wildman–Crippen MR) is 110 cm³/mol. The van der Waals surface area contributed by atoms with Crippen LogP contribution in [0.1, 0.15) is 29.0 Å². The van der Waals surface area contributed by atoms with Gasteiger partial charge >= 0.3 is 5.97 Å². The number of hydrogen-bond acceptors (Lipinski definition) is 3. The first-order valence-electron chi connectivity index (χ1n) is 9.34. The first-order valence-corrected chi connectivity index (χ1v) is 9.34. The highest BCUT2D eigenvalue weighted by Crippen LogP contribution is 2.28. The minimum Gasteiger partial charge on any atom is -0.456 e. The summed E-state index contributed by atoms with van der Waals surface area (Å²) in [7, 11) is 0. The Morgan fingerprint density at radius 3 is 2.10 bits per heavy atom. The second kappa shape index (κ2) is 9.64. The number of carbonyl (C=O) groups excluding carboxylic acids is 2. The molecule has 29 heavy (non-hydrogen) atoms. The summed E-state index contributed by atoms with van der Waals surface area (Å²) in [5.41, 5.74) is 3.07. The van der Waals surface area contributed by atoms with E-state index in [9.17, 15) is 14.0 Å². The SMILES string of the molecule is Cc1ccc(F)cc1NC(=O)COC(=O)CC(c1ccccc1)c1ccccc1. The van der Waals surface area contributed by atoms with E-state index >= 15 is 0 Å². The van der Waals surface area contributed by atoms with Crippen LogP contribution in [-0.2, 0) is 14.3 Å². The van der Waals surface area contributed by atoms with Crippen molar-refractivity contribution in [3.05, 3.63) is 101 Å². The van der Waals surface area contributed by atoms with Gasteiger partial charge in [0.1, 0.15) is 5.82 Å². The number of esters is 1. The smallest absolute Gasteiger partial charge is 0.307 e. The van der Waals surface area contributed by atoms with Gasteiger partial charge < -0.3 is 10.1 Å². The molecule has 0 aromatic heterocycles. The van der Waals surface area contributed by atoms with E-state index in [0.29, 0.717) is 5.69 Å². The molecular formula is C24H22FNO3. The van der Waals surface area contributed by atoms with E-state index in [1.807, 2.05) is 60.7 Å². The second-order valence-corrected chi connectivity index (χ2v) is 6.75. The number of ether oxygens (including phenoxy) is 1. The monoisotopic (exact) mass is 391 g/mol. The van der Waals surface area contributed by atoms with Gasteiger partial charge in [-0.3, -0.25) is 9.59 Å². The van der Waals surface area contributed by atoms with Crippen LogP contribution in [0.15, 0.2) is 78.9 Å². The van der Waals surface area contributed by atoms with Crippen molar-refractivity contribution in [2.24, 2.45) is 0 Å². The molecule has 0 aliphatic heterocycles. The van der Waals surface area contributed by atoms with Gasteiger partial charge in [0.05, 0.1) is 6.42 Å². The Balaban J connectivity index is 1.62. The second-order valence-electron chi connectivity index (χ2n) is 6.75. The molecule has 0 atom stereocenters. The highest BCUT2D eigenvalue weighted by molar-refractivity contribution is 5.93. The number of amides is 1. The minimum atomic E-state index is -0.511. The summed E-state index contributed by atoms with van der Waals surface area (Å²) in [5.74, 6) is -1.60. The van der Waals surface area contributed by atoms with Crippen molar-refractivity contribution in [3.63, 3.8) is 0 Å². The molecule has 0 saturated carbocycles. The van der Waals surface area contributed by atoms with Crippen LogP contribution in [0.25, 0.3) is 0 Å². The Hall–Kier alpha value is -3.47. The van der Waals surface area contributed by atoms with Gasteiger partial charge in [-0.1, -0.05) is 66.7 Å². The number of hydrogen-bond donors (Lipinski definition) is 1. The standard InChI is InChI=1S/C24H22FNO3/c1-17-12-13-20(25)14-22(17)26-23(27)16-29-24(28)15-21(18-8-4-2-5-9-18)19-10-6-3-7-11-19/h2-14,21H,15-16H2,1H3,(H,26,27). The van der Waals surface area contributed by atoms with E-state index < -0.39 is 24.3 Å². The van der Waals surface area contributed by atoms with E-state index in [0.717, 1.165) is 16.7 Å². The number of carbonyl (C=O) groups is 2. The normalized spacial score (nSPS) is 10.6. The molecule has 0 spiro atoms. The summed E-state index contributed by atoms with van der Waals surface area (Å²) < 4.78 is 18.5. The molecule has 0 bridgehead atoms. The molecule has 0 unspecified atom stereocenters. The van der Waals surface area contributed by atoms with Crippen LogP contribution in [0.5, 0.6) is 0 Å². The number of benzene rings is 3. The lowest BCUT2D eigenvalue weighted by Crippen LogP contribution is -2.22. The molecule has 0 fully saturated rings. The van der Waals surface area contributed by atoms with Crippen LogP contribution >= 0.6 is 0 Å². The van der Waals surface area contributed by atoms with E-state index in [-0.39, 0.29) is 12.3 Å². The number of halogens is 1. The van der Waals surface area contributed by atoms with Crippen molar-refractivity contribution < 1.29 is 18.7 Å². The Morgan fingerprint density at radius 2 is 1.52 bits per heavy atom. The fraction of sp³-hybridized carbons (Fsp3) is 0.167. The van der Waals surface area contributed by atoms with Gasteiger partial charge in [0, 0.05) is 11.6 Å². The zero-order chi connectivity index (χ0) is 20.6. The van der Waals surface area contributed by atoms with Gasteiger partial charge in [-0.25, -0.2) is 4.39 Å². The number of rotatable bonds is 7. The third kappa shape index (κ3) is 5.75. The summed E-state index contributed by atoms with van der Waals surface area (Å²) in [6.07, 6.45) is 0.111. The summed E-state index contributed by atoms with van der Waals surface area (Å²) in [6.45, 7) is 1.33. The molecule has 0 aliphatic rings. The lowest BCUT2D eigenvalue weighted by atomic mass is 9.89. The van der Waals surface area contributed by atoms with Crippen LogP contribution in [0.3, 0.4) is 0 Å². The van der Waals surface area contributed by atoms with E-state index in [1.165, 1.54) is 12.1 Å². The van der Waals surface area contributed by atoms with Gasteiger partial charge in [-0.15, -0.1) is 0 Å². The van der Waals surface area contributed by atoms with E-state index in [4.69, 9.17) is 4.74 Å². The molecule has 3 aromatic rings. The lowest BCUT2D eigenvalue weighted by Gasteiger charge is -2.17. The van der Waals surface area contributed by atoms with Crippen molar-refractivity contribution in [1.29, 1.82) is 0 Å². The lowest BCUT2D eigenvalue weighted by molar-refractivity contribution is -0.147. The number of aryl methyl sites for hydroxylation is 1. The molecule has 3 aromatic carbocycles. The molecule has 1 N–H and O–H groups in total. The summed E-state index contributed by atoms with van der Waals surface area (Å²) in [4.78, 5) is 24.5. The Labute approximate surface area is 169 Å². The highest BCUT2D eigenvalue weighted by atomic mass is 19.1. The number of nitrogens with one attached hydrogen (secondary N) is 1. The molecule has 0 aliphatic carbocycles. The summed E-state index contributed by atoms with van der Waals surface area (Å²) >= 11 is 0. The van der Waals surface area contributed by atoms with Gasteiger partial charge in [0.15, 0.2) is 6.61 Å². The third-order valence-electron chi connectivity index (χ3n) is 4.61. The van der Waals surface area contributed by atoms with Crippen molar-refractivity contribution >= 4 is 17.6 Å². The van der Waals surface area contributed by atoms with Gasteiger partial charge in [-0.05, 0) is 35.7 Å². The molecule has 148 valence electrons. The molecule has 3 rings (SSSR count). The highest BCUT2D eigenvalue weighted by Gasteiger charge is 2.19. The van der Waals surface area contributed by atoms with E-state index in [1.54, 1.807) is 13.0 Å². The first kappa shape index (κ1) is 20.3. The average molecular weight is 391 g/mol. The molecule has 4 nitrogen and oxygen atoms in total. The van der Waals surface area contributed by atoms with E-state index in [2.05, 4.69) is 5.32 Å². The fourth-order valence-electron chi connectivity index (χ4n) is 3.09. The van der Waals surface area contributed by atoms with Crippen molar-refractivity contribution in [2.75, 3.05) is 11.9 Å². The summed E-state index contributed by atoms with van der Waals surface area (Å²) in [5, 5.41) is 2.57. The molecule has 5 heteroatoms. The first-order chi connectivity index (χ1) is 14.0. The maximum absolute atomic E-state index is 13.3. The van der Waals surface area contributed by atoms with Crippen LogP contribution in [-0.4, -0.2) is 18.5 Å². The topological polar surface area (TPSA) is 55.4 Å². The molecule has 1 amide bonds. The maximum atomic E-state index is 13.3. The zero-order valence-electron chi connectivity index (χ0n) is 16.1. The Kier molecular flexibility index (Phi) is 6.74. The van der Waals surface area contributed by atoms with Crippen LogP contribution in [0.4, 0.5) is 10.1 Å². The third-order valence-corrected chi connectivity index (χ3v) is 4.61. The number of anilines is 1. The molecule has 0 radical (unpaired) electrons. The molecular weight excluding hydrogens is 369 g/mol. The Morgan fingerprint density at radius 1 is 0.931 bits per heavy atom. The minimum absolute atomic E-state index is 0.111. The van der Waals surface area contributed by atoms with Gasteiger partial charge in [-0.2, -0.15) is 0 Å². The largest absolute Gasteiger partial charge is 0.456 e. The summed E-state index contributed by atoms with van der Waals surface area (Å²) in [6, 6.07) is 23.5.